The molecule has 0 rings (SSSR count). The molecule has 0 amide bonds. The predicted molar refractivity (Wildman–Crippen MR) is 52.6 cm³/mol. The molecule has 0 aliphatic heterocycles. The molecule has 0 nitrogen and oxygen atoms in total. The fourth-order valence-electron chi connectivity index (χ4n) is 1.21. The van der Waals surface area contributed by atoms with Crippen LogP contribution in [0.2, 0.25) is 0 Å². The maximum Gasteiger partial charge on any atom is -0.0173 e. The van der Waals surface area contributed by atoms with E-state index in [1.807, 2.05) is 6.08 Å². The third-order valence-electron chi connectivity index (χ3n) is 1.93. The Morgan fingerprint density at radius 1 is 1.36 bits per heavy atom. The maximum atomic E-state index is 3.72. The van der Waals surface area contributed by atoms with Crippen LogP contribution >= 0.6 is 0 Å². The van der Waals surface area contributed by atoms with E-state index in [9.17, 15) is 0 Å². The van der Waals surface area contributed by atoms with E-state index in [2.05, 4.69) is 40.3 Å². The van der Waals surface area contributed by atoms with Crippen LogP contribution in [0.25, 0.3) is 0 Å². The van der Waals surface area contributed by atoms with Gasteiger partial charge in [-0.2, -0.15) is 0 Å². The van der Waals surface area contributed by atoms with Crippen molar-refractivity contribution in [2.75, 3.05) is 0 Å². The Balaban J connectivity index is 4.09. The summed E-state index contributed by atoms with van der Waals surface area (Å²) in [6.07, 6.45) is 6.46. The molecular weight excluding hydrogens is 132 g/mol. The molecule has 0 heteroatoms. The first-order valence-corrected chi connectivity index (χ1v) is 4.29. The molecule has 0 N–H and O–H groups in total. The molecule has 0 radical (unpaired) electrons. The van der Waals surface area contributed by atoms with Crippen molar-refractivity contribution in [1.82, 2.24) is 0 Å². The molecule has 0 saturated heterocycles. The zero-order valence-corrected chi connectivity index (χ0v) is 8.28. The Morgan fingerprint density at radius 3 is 2.18 bits per heavy atom. The highest BCUT2D eigenvalue weighted by Crippen LogP contribution is 2.28. The minimum absolute atomic E-state index is 0.331. The lowest BCUT2D eigenvalue weighted by Crippen LogP contribution is -2.08. The lowest BCUT2D eigenvalue weighted by atomic mass is 9.84. The molecule has 0 aliphatic rings. The monoisotopic (exact) mass is 152 g/mol. The van der Waals surface area contributed by atoms with Crippen molar-refractivity contribution >= 4 is 0 Å². The van der Waals surface area contributed by atoms with Gasteiger partial charge in [0.15, 0.2) is 0 Å². The van der Waals surface area contributed by atoms with Gasteiger partial charge in [0.2, 0.25) is 0 Å². The first-order valence-electron chi connectivity index (χ1n) is 4.29. The van der Waals surface area contributed by atoms with Crippen LogP contribution in [0.3, 0.4) is 0 Å². The van der Waals surface area contributed by atoms with Crippen molar-refractivity contribution < 1.29 is 0 Å². The minimum Gasteiger partial charge on any atom is -0.103 e. The lowest BCUT2D eigenvalue weighted by molar-refractivity contribution is 0.482. The van der Waals surface area contributed by atoms with Gasteiger partial charge in [-0.15, -0.1) is 6.58 Å². The highest BCUT2D eigenvalue weighted by molar-refractivity contribution is 5.10. The van der Waals surface area contributed by atoms with Gasteiger partial charge in [-0.3, -0.25) is 0 Å². The molecular formula is C11H20. The van der Waals surface area contributed by atoms with Gasteiger partial charge >= 0.3 is 0 Å². The Morgan fingerprint density at radius 2 is 1.91 bits per heavy atom. The number of hydrogen-bond donors (Lipinski definition) is 0. The zero-order valence-electron chi connectivity index (χ0n) is 8.28. The molecule has 0 atom stereocenters. The van der Waals surface area contributed by atoms with E-state index >= 15 is 0 Å². The maximum absolute atomic E-state index is 3.72. The van der Waals surface area contributed by atoms with E-state index in [4.69, 9.17) is 0 Å². The molecule has 0 aliphatic carbocycles. The first-order chi connectivity index (χ1) is 5.02. The summed E-state index contributed by atoms with van der Waals surface area (Å²) in [6.45, 7) is 12.6. The fraction of sp³-hybridized carbons (Fsp3) is 0.636. The fourth-order valence-corrected chi connectivity index (χ4v) is 1.21. The molecule has 0 fully saturated rings. The van der Waals surface area contributed by atoms with Gasteiger partial charge in [0, 0.05) is 0 Å². The van der Waals surface area contributed by atoms with E-state index in [1.54, 1.807) is 0 Å². The van der Waals surface area contributed by atoms with Crippen molar-refractivity contribution in [3.05, 3.63) is 24.3 Å². The molecule has 0 spiro atoms. The normalized spacial score (nSPS) is 13.3. The molecule has 11 heavy (non-hydrogen) atoms. The summed E-state index contributed by atoms with van der Waals surface area (Å²) in [6, 6.07) is 0. The van der Waals surface area contributed by atoms with Crippen molar-refractivity contribution in [2.45, 2.75) is 40.5 Å². The van der Waals surface area contributed by atoms with Crippen molar-refractivity contribution in [2.24, 2.45) is 5.41 Å². The molecule has 0 aromatic rings. The van der Waals surface area contributed by atoms with Crippen LogP contribution in [0.4, 0.5) is 0 Å². The van der Waals surface area contributed by atoms with Gasteiger partial charge in [0.1, 0.15) is 0 Å². The Bertz CT molecular complexity index is 144. The van der Waals surface area contributed by atoms with Gasteiger partial charge in [0.05, 0.1) is 0 Å². The second kappa shape index (κ2) is 4.38. The van der Waals surface area contributed by atoms with Crippen molar-refractivity contribution in [1.29, 1.82) is 0 Å². The van der Waals surface area contributed by atoms with Crippen LogP contribution in [0.5, 0.6) is 0 Å². The van der Waals surface area contributed by atoms with E-state index in [1.165, 1.54) is 5.57 Å². The SMILES string of the molecule is C=CCC/C(=C\C)C(C)(C)C. The largest absolute Gasteiger partial charge is 0.103 e. The van der Waals surface area contributed by atoms with Crippen LogP contribution in [-0.4, -0.2) is 0 Å². The van der Waals surface area contributed by atoms with Gasteiger partial charge in [-0.25, -0.2) is 0 Å². The van der Waals surface area contributed by atoms with Crippen molar-refractivity contribution in [3.63, 3.8) is 0 Å². The standard InChI is InChI=1S/C11H20/c1-6-8-9-10(7-2)11(3,4)5/h6-7H,1,8-9H2,2-5H3/b10-7+. The molecule has 0 aromatic heterocycles. The second-order valence-corrected chi connectivity index (χ2v) is 3.89. The van der Waals surface area contributed by atoms with E-state index < -0.39 is 0 Å². The van der Waals surface area contributed by atoms with Crippen LogP contribution in [0.15, 0.2) is 24.3 Å². The predicted octanol–water partition coefficient (Wildman–Crippen LogP) is 3.95. The highest BCUT2D eigenvalue weighted by Gasteiger charge is 2.14. The summed E-state index contributed by atoms with van der Waals surface area (Å²) in [5, 5.41) is 0. The molecule has 0 unspecified atom stereocenters. The quantitative estimate of drug-likeness (QED) is 0.537. The van der Waals surface area contributed by atoms with E-state index in [0.29, 0.717) is 5.41 Å². The molecule has 64 valence electrons. The van der Waals surface area contributed by atoms with Crippen molar-refractivity contribution in [3.8, 4) is 0 Å². The summed E-state index contributed by atoms with van der Waals surface area (Å²) in [5.41, 5.74) is 1.86. The third-order valence-corrected chi connectivity index (χ3v) is 1.93. The number of hydrogen-bond acceptors (Lipinski definition) is 0. The van der Waals surface area contributed by atoms with Crippen LogP contribution in [0, 0.1) is 5.41 Å². The Hall–Kier alpha value is -0.520. The molecule has 0 heterocycles. The average Bonchev–Trinajstić information content (AvgIpc) is 1.87. The van der Waals surface area contributed by atoms with Crippen LogP contribution < -0.4 is 0 Å². The highest BCUT2D eigenvalue weighted by atomic mass is 14.2. The van der Waals surface area contributed by atoms with E-state index in [-0.39, 0.29) is 0 Å². The second-order valence-electron chi connectivity index (χ2n) is 3.89. The number of rotatable bonds is 3. The smallest absolute Gasteiger partial charge is 0.0173 e. The third kappa shape index (κ3) is 4.02. The topological polar surface area (TPSA) is 0 Å². The van der Waals surface area contributed by atoms with Gasteiger partial charge in [-0.05, 0) is 25.2 Å². The first kappa shape index (κ1) is 10.5. The Kier molecular flexibility index (Phi) is 4.17. The lowest BCUT2D eigenvalue weighted by Gasteiger charge is -2.22. The molecule has 0 bridgehead atoms. The summed E-state index contributed by atoms with van der Waals surface area (Å²) < 4.78 is 0. The van der Waals surface area contributed by atoms with Crippen LogP contribution in [0.1, 0.15) is 40.5 Å². The van der Waals surface area contributed by atoms with Gasteiger partial charge in [-0.1, -0.05) is 38.5 Å². The molecule has 0 aromatic carbocycles. The Labute approximate surface area is 71.0 Å². The summed E-state index contributed by atoms with van der Waals surface area (Å²) in [4.78, 5) is 0. The van der Waals surface area contributed by atoms with Crippen LogP contribution in [-0.2, 0) is 0 Å². The summed E-state index contributed by atoms with van der Waals surface area (Å²) >= 11 is 0. The minimum atomic E-state index is 0.331. The van der Waals surface area contributed by atoms with Gasteiger partial charge < -0.3 is 0 Å². The average molecular weight is 152 g/mol. The van der Waals surface area contributed by atoms with Gasteiger partial charge in [0.25, 0.3) is 0 Å². The van der Waals surface area contributed by atoms with E-state index in [0.717, 1.165) is 12.8 Å². The summed E-state index contributed by atoms with van der Waals surface area (Å²) in [5.74, 6) is 0. The zero-order chi connectivity index (χ0) is 8.91. The number of allylic oxidation sites excluding steroid dienone is 3. The summed E-state index contributed by atoms with van der Waals surface area (Å²) in [7, 11) is 0. The molecule has 0 saturated carbocycles.